The van der Waals surface area contributed by atoms with Gasteiger partial charge in [0.1, 0.15) is 17.4 Å². The molecule has 5 nitrogen and oxygen atoms in total. The second-order valence-corrected chi connectivity index (χ2v) is 6.85. The average Bonchev–Trinajstić information content (AvgIpc) is 2.96. The van der Waals surface area contributed by atoms with Gasteiger partial charge < -0.3 is 10.1 Å². The number of ether oxygens (including phenoxy) is 1. The van der Waals surface area contributed by atoms with E-state index in [1.807, 2.05) is 30.8 Å². The van der Waals surface area contributed by atoms with Gasteiger partial charge in [0, 0.05) is 18.3 Å². The summed E-state index contributed by atoms with van der Waals surface area (Å²) in [7, 11) is 3.46. The van der Waals surface area contributed by atoms with Crippen molar-refractivity contribution in [3.05, 3.63) is 65.1 Å². The molecule has 28 heavy (non-hydrogen) atoms. The largest absolute Gasteiger partial charge is 0.495 e. The van der Waals surface area contributed by atoms with Crippen molar-refractivity contribution >= 4 is 34.0 Å². The molecule has 0 bridgehead atoms. The number of methoxy groups -OCH3 is 1. The quantitative estimate of drug-likeness (QED) is 0.495. The number of hydrogen-bond acceptors (Lipinski definition) is 4. The molecular weight excluding hydrogens is 379 g/mol. The molecule has 142 valence electrons. The van der Waals surface area contributed by atoms with Crippen LogP contribution in [0.4, 0.5) is 15.9 Å². The first-order chi connectivity index (χ1) is 13.5. The molecule has 0 spiro atoms. The minimum absolute atomic E-state index is 0.285. The predicted octanol–water partition coefficient (Wildman–Crippen LogP) is 5.49. The van der Waals surface area contributed by atoms with Crippen LogP contribution in [0.1, 0.15) is 5.69 Å². The summed E-state index contributed by atoms with van der Waals surface area (Å²) in [5.41, 5.74) is 4.10. The molecule has 0 aliphatic heterocycles. The Morgan fingerprint density at radius 2 is 1.86 bits per heavy atom. The highest BCUT2D eigenvalue weighted by Crippen LogP contribution is 2.33. The van der Waals surface area contributed by atoms with Crippen molar-refractivity contribution in [2.45, 2.75) is 6.92 Å². The van der Waals surface area contributed by atoms with Crippen LogP contribution in [0.25, 0.3) is 22.2 Å². The molecule has 0 aliphatic rings. The van der Waals surface area contributed by atoms with Crippen LogP contribution < -0.4 is 10.1 Å². The molecule has 0 atom stereocenters. The monoisotopic (exact) mass is 396 g/mol. The number of rotatable bonds is 4. The van der Waals surface area contributed by atoms with E-state index in [2.05, 4.69) is 10.4 Å². The first-order valence-corrected chi connectivity index (χ1v) is 9.05. The highest BCUT2D eigenvalue weighted by molar-refractivity contribution is 6.32. The van der Waals surface area contributed by atoms with E-state index in [1.165, 1.54) is 12.1 Å². The number of halogens is 2. The Hall–Kier alpha value is -3.12. The van der Waals surface area contributed by atoms with Gasteiger partial charge in [0.05, 0.1) is 34.4 Å². The van der Waals surface area contributed by atoms with Crippen LogP contribution in [0, 0.1) is 12.7 Å². The topological polar surface area (TPSA) is 52.0 Å². The fourth-order valence-corrected chi connectivity index (χ4v) is 3.47. The van der Waals surface area contributed by atoms with E-state index in [-0.39, 0.29) is 5.82 Å². The lowest BCUT2D eigenvalue weighted by Crippen LogP contribution is -1.98. The molecule has 0 unspecified atom stereocenters. The van der Waals surface area contributed by atoms with Crippen molar-refractivity contribution < 1.29 is 9.13 Å². The molecule has 2 heterocycles. The van der Waals surface area contributed by atoms with Crippen molar-refractivity contribution in [3.8, 4) is 17.0 Å². The minimum Gasteiger partial charge on any atom is -0.495 e. The van der Waals surface area contributed by atoms with E-state index in [1.54, 1.807) is 31.4 Å². The summed E-state index contributed by atoms with van der Waals surface area (Å²) in [6.45, 7) is 1.94. The third-order valence-corrected chi connectivity index (χ3v) is 4.86. The van der Waals surface area contributed by atoms with Gasteiger partial charge in [0.2, 0.25) is 0 Å². The molecule has 0 fully saturated rings. The first-order valence-electron chi connectivity index (χ1n) is 8.67. The highest BCUT2D eigenvalue weighted by Gasteiger charge is 2.15. The van der Waals surface area contributed by atoms with Gasteiger partial charge in [-0.15, -0.1) is 0 Å². The number of anilines is 2. The summed E-state index contributed by atoms with van der Waals surface area (Å²) in [5.74, 6) is 0.971. The number of fused-ring (bicyclic) bond motifs is 1. The number of benzene rings is 2. The Labute approximate surface area is 166 Å². The maximum Gasteiger partial charge on any atom is 0.142 e. The van der Waals surface area contributed by atoms with Gasteiger partial charge in [0.25, 0.3) is 0 Å². The van der Waals surface area contributed by atoms with E-state index >= 15 is 0 Å². The van der Waals surface area contributed by atoms with Crippen LogP contribution in [0.3, 0.4) is 0 Å². The Bertz CT molecular complexity index is 1170. The van der Waals surface area contributed by atoms with E-state index in [9.17, 15) is 4.39 Å². The first kappa shape index (κ1) is 18.3. The fourth-order valence-electron chi connectivity index (χ4n) is 3.21. The molecule has 0 saturated carbocycles. The predicted molar refractivity (Wildman–Crippen MR) is 110 cm³/mol. The van der Waals surface area contributed by atoms with Gasteiger partial charge in [-0.05, 0) is 55.5 Å². The van der Waals surface area contributed by atoms with E-state index in [4.69, 9.17) is 21.3 Å². The summed E-state index contributed by atoms with van der Waals surface area (Å²) in [6.07, 6.45) is 0. The van der Waals surface area contributed by atoms with Crippen LogP contribution in [0.2, 0.25) is 5.02 Å². The Morgan fingerprint density at radius 1 is 1.11 bits per heavy atom. The zero-order valence-corrected chi connectivity index (χ0v) is 16.4. The van der Waals surface area contributed by atoms with Gasteiger partial charge in [-0.1, -0.05) is 11.6 Å². The molecule has 1 N–H and O–H groups in total. The van der Waals surface area contributed by atoms with Gasteiger partial charge in [-0.2, -0.15) is 5.10 Å². The average molecular weight is 397 g/mol. The second kappa shape index (κ2) is 7.13. The lowest BCUT2D eigenvalue weighted by molar-refractivity contribution is 0.415. The molecule has 0 saturated heterocycles. The number of nitrogens with zero attached hydrogens (tertiary/aromatic N) is 3. The van der Waals surface area contributed by atoms with Crippen molar-refractivity contribution in [3.63, 3.8) is 0 Å². The Morgan fingerprint density at radius 3 is 2.54 bits per heavy atom. The molecule has 0 amide bonds. The van der Waals surface area contributed by atoms with Crippen molar-refractivity contribution in [1.29, 1.82) is 0 Å². The molecule has 2 aromatic heterocycles. The number of aromatic nitrogens is 3. The summed E-state index contributed by atoms with van der Waals surface area (Å²) in [5, 5.41) is 9.27. The molecule has 0 radical (unpaired) electrons. The van der Waals surface area contributed by atoms with Crippen LogP contribution in [-0.2, 0) is 7.05 Å². The van der Waals surface area contributed by atoms with Gasteiger partial charge in [-0.3, -0.25) is 4.68 Å². The summed E-state index contributed by atoms with van der Waals surface area (Å²) >= 11 is 6.25. The van der Waals surface area contributed by atoms with E-state index in [0.29, 0.717) is 16.6 Å². The number of pyridine rings is 1. The standard InChI is InChI=1S/C21H18ClFN4O/c1-12-20-18(27(2)26-12)11-17(13-4-6-14(23)7-5-13)25-21(20)24-15-8-9-19(28-3)16(22)10-15/h4-11H,1-3H3,(H,24,25). The number of hydrogen-bond donors (Lipinski definition) is 1. The molecule has 7 heteroatoms. The lowest BCUT2D eigenvalue weighted by atomic mass is 10.1. The van der Waals surface area contributed by atoms with Crippen LogP contribution in [0.5, 0.6) is 5.75 Å². The Balaban J connectivity index is 1.86. The minimum atomic E-state index is -0.285. The maximum absolute atomic E-state index is 13.3. The van der Waals surface area contributed by atoms with Crippen molar-refractivity contribution in [2.24, 2.45) is 7.05 Å². The SMILES string of the molecule is COc1ccc(Nc2nc(-c3ccc(F)cc3)cc3c2c(C)nn3C)cc1Cl. The zero-order valence-electron chi connectivity index (χ0n) is 15.6. The smallest absolute Gasteiger partial charge is 0.142 e. The molecule has 4 rings (SSSR count). The van der Waals surface area contributed by atoms with Gasteiger partial charge in [0.15, 0.2) is 0 Å². The van der Waals surface area contributed by atoms with Gasteiger partial charge >= 0.3 is 0 Å². The third kappa shape index (κ3) is 3.27. The maximum atomic E-state index is 13.3. The van der Waals surface area contributed by atoms with Gasteiger partial charge in [-0.25, -0.2) is 9.37 Å². The molecule has 0 aliphatic carbocycles. The van der Waals surface area contributed by atoms with Crippen LogP contribution in [0.15, 0.2) is 48.5 Å². The Kier molecular flexibility index (Phi) is 4.65. The second-order valence-electron chi connectivity index (χ2n) is 6.44. The molecule has 4 aromatic rings. The van der Waals surface area contributed by atoms with E-state index in [0.717, 1.165) is 33.5 Å². The van der Waals surface area contributed by atoms with Crippen LogP contribution >= 0.6 is 11.6 Å². The summed E-state index contributed by atoms with van der Waals surface area (Å²) in [4.78, 5) is 4.78. The van der Waals surface area contributed by atoms with Crippen LogP contribution in [-0.4, -0.2) is 21.9 Å². The lowest BCUT2D eigenvalue weighted by Gasteiger charge is -2.12. The normalized spacial score (nSPS) is 11.0. The summed E-state index contributed by atoms with van der Waals surface area (Å²) in [6, 6.07) is 13.7. The number of nitrogens with one attached hydrogen (secondary N) is 1. The summed E-state index contributed by atoms with van der Waals surface area (Å²) < 4.78 is 20.3. The third-order valence-electron chi connectivity index (χ3n) is 4.56. The number of aryl methyl sites for hydroxylation is 2. The highest BCUT2D eigenvalue weighted by atomic mass is 35.5. The van der Waals surface area contributed by atoms with Crippen molar-refractivity contribution in [1.82, 2.24) is 14.8 Å². The molecular formula is C21H18ClFN4O. The fraction of sp³-hybridized carbons (Fsp3) is 0.143. The molecule has 2 aromatic carbocycles. The van der Waals surface area contributed by atoms with Crippen molar-refractivity contribution in [2.75, 3.05) is 12.4 Å². The van der Waals surface area contributed by atoms with E-state index < -0.39 is 0 Å². The zero-order chi connectivity index (χ0) is 19.8.